The maximum atomic E-state index is 11.6. The lowest BCUT2D eigenvalue weighted by Crippen LogP contribution is -2.51. The number of morpholine rings is 1. The summed E-state index contributed by atoms with van der Waals surface area (Å²) in [6.45, 7) is 6.81. The first kappa shape index (κ1) is 14.9. The molecule has 6 heteroatoms. The van der Waals surface area contributed by atoms with Gasteiger partial charge in [-0.2, -0.15) is 0 Å². The van der Waals surface area contributed by atoms with Crippen molar-refractivity contribution in [1.29, 1.82) is 0 Å². The molecule has 1 heterocycles. The minimum Gasteiger partial charge on any atom is -0.469 e. The number of methoxy groups -OCH3 is 1. The van der Waals surface area contributed by atoms with Gasteiger partial charge in [-0.3, -0.25) is 14.5 Å². The lowest BCUT2D eigenvalue weighted by Gasteiger charge is -2.37. The van der Waals surface area contributed by atoms with Crippen molar-refractivity contribution in [3.63, 3.8) is 0 Å². The van der Waals surface area contributed by atoms with E-state index in [2.05, 4.69) is 15.0 Å². The molecule has 0 aliphatic carbocycles. The Bertz CT molecular complexity index is 304. The molecule has 0 spiro atoms. The van der Waals surface area contributed by atoms with Crippen LogP contribution in [0.25, 0.3) is 0 Å². The molecule has 1 fully saturated rings. The molecule has 1 rings (SSSR count). The second-order valence-electron chi connectivity index (χ2n) is 4.99. The fourth-order valence-electron chi connectivity index (χ4n) is 1.91. The summed E-state index contributed by atoms with van der Waals surface area (Å²) in [5, 5.41) is 2.70. The molecule has 0 saturated carbocycles. The molecule has 0 aromatic carbocycles. The average Bonchev–Trinajstić information content (AvgIpc) is 2.27. The molecule has 0 bridgehead atoms. The van der Waals surface area contributed by atoms with E-state index in [1.807, 2.05) is 13.8 Å². The summed E-state index contributed by atoms with van der Waals surface area (Å²) in [7, 11) is 1.33. The van der Waals surface area contributed by atoms with Crippen LogP contribution in [0.2, 0.25) is 0 Å². The van der Waals surface area contributed by atoms with Crippen LogP contribution < -0.4 is 5.32 Å². The summed E-state index contributed by atoms with van der Waals surface area (Å²) in [5.41, 5.74) is -0.204. The quantitative estimate of drug-likeness (QED) is 0.690. The Labute approximate surface area is 108 Å². The molecule has 1 N–H and O–H groups in total. The van der Waals surface area contributed by atoms with Gasteiger partial charge in [0, 0.05) is 19.6 Å². The Kier molecular flexibility index (Phi) is 5.55. The fraction of sp³-hybridized carbons (Fsp3) is 0.833. The minimum absolute atomic E-state index is 0.0726. The topological polar surface area (TPSA) is 67.9 Å². The largest absolute Gasteiger partial charge is 0.469 e. The third-order valence-corrected chi connectivity index (χ3v) is 2.75. The SMILES string of the molecule is COC(=O)CCNC(=O)CN1CCOC(C)(C)C1. The summed E-state index contributed by atoms with van der Waals surface area (Å²) in [6.07, 6.45) is 0.205. The minimum atomic E-state index is -0.317. The van der Waals surface area contributed by atoms with Gasteiger partial charge in [-0.1, -0.05) is 0 Å². The number of esters is 1. The molecule has 6 nitrogen and oxygen atoms in total. The van der Waals surface area contributed by atoms with Crippen molar-refractivity contribution in [2.75, 3.05) is 39.9 Å². The third-order valence-electron chi connectivity index (χ3n) is 2.75. The molecule has 0 aromatic rings. The zero-order valence-electron chi connectivity index (χ0n) is 11.3. The van der Waals surface area contributed by atoms with Gasteiger partial charge in [0.05, 0.1) is 32.3 Å². The smallest absolute Gasteiger partial charge is 0.307 e. The van der Waals surface area contributed by atoms with Crippen LogP contribution in [0.15, 0.2) is 0 Å². The van der Waals surface area contributed by atoms with E-state index >= 15 is 0 Å². The predicted molar refractivity (Wildman–Crippen MR) is 66.1 cm³/mol. The number of rotatable bonds is 5. The highest BCUT2D eigenvalue weighted by Crippen LogP contribution is 2.15. The first-order valence-corrected chi connectivity index (χ1v) is 6.13. The van der Waals surface area contributed by atoms with Crippen molar-refractivity contribution >= 4 is 11.9 Å². The van der Waals surface area contributed by atoms with E-state index in [9.17, 15) is 9.59 Å². The molecule has 1 saturated heterocycles. The van der Waals surface area contributed by atoms with Gasteiger partial charge in [-0.05, 0) is 13.8 Å². The monoisotopic (exact) mass is 258 g/mol. The van der Waals surface area contributed by atoms with Gasteiger partial charge >= 0.3 is 5.97 Å². The number of amides is 1. The Hall–Kier alpha value is -1.14. The van der Waals surface area contributed by atoms with E-state index in [1.165, 1.54) is 7.11 Å². The highest BCUT2D eigenvalue weighted by Gasteiger charge is 2.27. The molecule has 1 aliphatic heterocycles. The first-order valence-electron chi connectivity index (χ1n) is 6.13. The molecule has 0 atom stereocenters. The fourth-order valence-corrected chi connectivity index (χ4v) is 1.91. The van der Waals surface area contributed by atoms with Gasteiger partial charge in [0.2, 0.25) is 5.91 Å². The zero-order chi connectivity index (χ0) is 13.6. The van der Waals surface area contributed by atoms with Crippen LogP contribution in [-0.2, 0) is 19.1 Å². The predicted octanol–water partition coefficient (Wildman–Crippen LogP) is -0.223. The summed E-state index contributed by atoms with van der Waals surface area (Å²) in [4.78, 5) is 24.6. The Balaban J connectivity index is 2.21. The van der Waals surface area contributed by atoms with Crippen LogP contribution in [-0.4, -0.2) is 62.3 Å². The van der Waals surface area contributed by atoms with Crippen LogP contribution >= 0.6 is 0 Å². The van der Waals surface area contributed by atoms with Crippen molar-refractivity contribution in [3.8, 4) is 0 Å². The second kappa shape index (κ2) is 6.70. The molecule has 0 unspecified atom stereocenters. The van der Waals surface area contributed by atoms with Crippen LogP contribution in [0.5, 0.6) is 0 Å². The molecular formula is C12H22N2O4. The number of nitrogens with one attached hydrogen (secondary N) is 1. The number of hydrogen-bond donors (Lipinski definition) is 1. The van der Waals surface area contributed by atoms with Crippen LogP contribution in [0.1, 0.15) is 20.3 Å². The Morgan fingerprint density at radius 1 is 1.44 bits per heavy atom. The zero-order valence-corrected chi connectivity index (χ0v) is 11.3. The van der Waals surface area contributed by atoms with Gasteiger partial charge in [0.15, 0.2) is 0 Å². The normalized spacial score (nSPS) is 19.3. The van der Waals surface area contributed by atoms with Crippen molar-refractivity contribution in [1.82, 2.24) is 10.2 Å². The summed E-state index contributed by atoms with van der Waals surface area (Å²) in [6, 6.07) is 0. The van der Waals surface area contributed by atoms with Gasteiger partial charge in [-0.15, -0.1) is 0 Å². The Morgan fingerprint density at radius 3 is 2.78 bits per heavy atom. The van der Waals surface area contributed by atoms with Gasteiger partial charge in [-0.25, -0.2) is 0 Å². The molecule has 1 amide bonds. The summed E-state index contributed by atoms with van der Waals surface area (Å²) >= 11 is 0. The van der Waals surface area contributed by atoms with Crippen molar-refractivity contribution in [2.45, 2.75) is 25.9 Å². The summed E-state index contributed by atoms with van der Waals surface area (Å²) < 4.78 is 10.1. The number of ether oxygens (including phenoxy) is 2. The van der Waals surface area contributed by atoms with Crippen molar-refractivity contribution in [3.05, 3.63) is 0 Å². The van der Waals surface area contributed by atoms with E-state index in [0.29, 0.717) is 19.7 Å². The van der Waals surface area contributed by atoms with Crippen LogP contribution in [0, 0.1) is 0 Å². The van der Waals surface area contributed by atoms with E-state index in [0.717, 1.165) is 13.1 Å². The van der Waals surface area contributed by atoms with E-state index < -0.39 is 0 Å². The first-order chi connectivity index (χ1) is 8.43. The van der Waals surface area contributed by atoms with Crippen LogP contribution in [0.3, 0.4) is 0 Å². The van der Waals surface area contributed by atoms with Gasteiger partial charge in [0.25, 0.3) is 0 Å². The molecular weight excluding hydrogens is 236 g/mol. The van der Waals surface area contributed by atoms with Gasteiger partial charge in [0.1, 0.15) is 0 Å². The molecule has 104 valence electrons. The number of carbonyl (C=O) groups excluding carboxylic acids is 2. The average molecular weight is 258 g/mol. The lowest BCUT2D eigenvalue weighted by atomic mass is 10.1. The maximum Gasteiger partial charge on any atom is 0.307 e. The van der Waals surface area contributed by atoms with E-state index in [-0.39, 0.29) is 23.9 Å². The standard InChI is InChI=1S/C12H22N2O4/c1-12(2)9-14(6-7-18-12)8-10(15)13-5-4-11(16)17-3/h4-9H2,1-3H3,(H,13,15). The number of carbonyl (C=O) groups is 2. The van der Waals surface area contributed by atoms with Crippen molar-refractivity contribution in [2.24, 2.45) is 0 Å². The highest BCUT2D eigenvalue weighted by atomic mass is 16.5. The maximum absolute atomic E-state index is 11.6. The van der Waals surface area contributed by atoms with E-state index in [1.54, 1.807) is 0 Å². The summed E-state index contributed by atoms with van der Waals surface area (Å²) in [5.74, 6) is -0.389. The molecule has 1 aliphatic rings. The lowest BCUT2D eigenvalue weighted by molar-refractivity contribution is -0.140. The second-order valence-corrected chi connectivity index (χ2v) is 4.99. The van der Waals surface area contributed by atoms with Crippen molar-refractivity contribution < 1.29 is 19.1 Å². The Morgan fingerprint density at radius 2 is 2.17 bits per heavy atom. The molecule has 18 heavy (non-hydrogen) atoms. The van der Waals surface area contributed by atoms with Crippen LogP contribution in [0.4, 0.5) is 0 Å². The molecule has 0 aromatic heterocycles. The van der Waals surface area contributed by atoms with Gasteiger partial charge < -0.3 is 14.8 Å². The molecule has 0 radical (unpaired) electrons. The third kappa shape index (κ3) is 5.46. The number of nitrogens with zero attached hydrogens (tertiary/aromatic N) is 1. The highest BCUT2D eigenvalue weighted by molar-refractivity contribution is 5.78. The van der Waals surface area contributed by atoms with E-state index in [4.69, 9.17) is 4.74 Å². The number of hydrogen-bond acceptors (Lipinski definition) is 5.